The minimum Gasteiger partial charge on any atom is -0.345 e. The number of carbonyl (C=O) groups is 1. The third-order valence-corrected chi connectivity index (χ3v) is 4.59. The summed E-state index contributed by atoms with van der Waals surface area (Å²) < 4.78 is 1.64. The molecule has 0 atom stereocenters. The zero-order valence-corrected chi connectivity index (χ0v) is 14.0. The van der Waals surface area contributed by atoms with Crippen LogP contribution in [0.2, 0.25) is 0 Å². The van der Waals surface area contributed by atoms with Crippen molar-refractivity contribution in [2.24, 2.45) is 0 Å². The van der Waals surface area contributed by atoms with E-state index in [1.807, 2.05) is 11.6 Å². The van der Waals surface area contributed by atoms with Crippen molar-refractivity contribution in [3.8, 4) is 5.82 Å². The Hall–Kier alpha value is -2.26. The second kappa shape index (κ2) is 7.34. The highest BCUT2D eigenvalue weighted by atomic mass is 32.2. The summed E-state index contributed by atoms with van der Waals surface area (Å²) in [7, 11) is 0. The molecule has 3 heterocycles. The lowest BCUT2D eigenvalue weighted by Crippen LogP contribution is -2.24. The van der Waals surface area contributed by atoms with Crippen molar-refractivity contribution in [1.29, 1.82) is 0 Å². The number of hydrogen-bond acceptors (Lipinski definition) is 7. The van der Waals surface area contributed by atoms with Crippen molar-refractivity contribution in [2.45, 2.75) is 12.3 Å². The smallest absolute Gasteiger partial charge is 0.270 e. The zero-order chi connectivity index (χ0) is 16.1. The summed E-state index contributed by atoms with van der Waals surface area (Å²) in [4.78, 5) is 21.0. The number of thioether (sulfide) groups is 1. The molecule has 3 rings (SSSR count). The number of nitrogens with zero attached hydrogens (tertiary/aromatic N) is 5. The topological polar surface area (TPSA) is 85.6 Å². The molecule has 0 aliphatic rings. The monoisotopic (exact) mass is 346 g/mol. The fraction of sp³-hybridized carbons (Fsp3) is 0.214. The van der Waals surface area contributed by atoms with Gasteiger partial charge in [0.15, 0.2) is 0 Å². The molecule has 118 valence electrons. The lowest BCUT2D eigenvalue weighted by atomic mass is 10.3. The third-order valence-electron chi connectivity index (χ3n) is 2.95. The van der Waals surface area contributed by atoms with Crippen LogP contribution in [0.4, 0.5) is 0 Å². The van der Waals surface area contributed by atoms with Gasteiger partial charge in [0, 0.05) is 11.1 Å². The molecular weight excluding hydrogens is 332 g/mol. The van der Waals surface area contributed by atoms with Gasteiger partial charge in [-0.25, -0.2) is 9.97 Å². The van der Waals surface area contributed by atoms with Gasteiger partial charge in [-0.2, -0.15) is 11.8 Å². The standard InChI is InChI=1S/C14H14N6OS2/c1-22-7-13-18-10(6-23-13)5-15-14(21)11-3-2-4-12(19-11)20-8-16-17-9-20/h2-4,6,8-9H,5,7H2,1H3,(H,15,21). The highest BCUT2D eigenvalue weighted by molar-refractivity contribution is 7.97. The van der Waals surface area contributed by atoms with Crippen molar-refractivity contribution in [3.63, 3.8) is 0 Å². The molecule has 0 spiro atoms. The molecular formula is C14H14N6OS2. The lowest BCUT2D eigenvalue weighted by Gasteiger charge is -2.05. The molecule has 0 aliphatic heterocycles. The van der Waals surface area contributed by atoms with Crippen LogP contribution in [0, 0.1) is 0 Å². The van der Waals surface area contributed by atoms with Gasteiger partial charge >= 0.3 is 0 Å². The Kier molecular flexibility index (Phi) is 4.99. The first kappa shape index (κ1) is 15.6. The van der Waals surface area contributed by atoms with E-state index in [0.29, 0.717) is 18.1 Å². The quantitative estimate of drug-likeness (QED) is 0.734. The second-order valence-corrected chi connectivity index (χ2v) is 6.41. The summed E-state index contributed by atoms with van der Waals surface area (Å²) in [6.07, 6.45) is 5.11. The molecule has 1 N–H and O–H groups in total. The number of carbonyl (C=O) groups excluding carboxylic acids is 1. The lowest BCUT2D eigenvalue weighted by molar-refractivity contribution is 0.0945. The van der Waals surface area contributed by atoms with Crippen molar-refractivity contribution in [2.75, 3.05) is 6.26 Å². The summed E-state index contributed by atoms with van der Waals surface area (Å²) in [6, 6.07) is 5.23. The molecule has 3 aromatic heterocycles. The molecule has 23 heavy (non-hydrogen) atoms. The average Bonchev–Trinajstić information content (AvgIpc) is 3.25. The van der Waals surface area contributed by atoms with Crippen molar-refractivity contribution in [3.05, 3.63) is 52.6 Å². The molecule has 0 unspecified atom stereocenters. The van der Waals surface area contributed by atoms with Crippen molar-refractivity contribution >= 4 is 29.0 Å². The summed E-state index contributed by atoms with van der Waals surface area (Å²) in [5, 5.41) is 13.3. The third kappa shape index (κ3) is 3.93. The summed E-state index contributed by atoms with van der Waals surface area (Å²) in [6.45, 7) is 0.391. The van der Waals surface area contributed by atoms with Gasteiger partial charge in [-0.05, 0) is 18.4 Å². The van der Waals surface area contributed by atoms with Crippen LogP contribution in [0.25, 0.3) is 5.82 Å². The number of aromatic nitrogens is 5. The van der Waals surface area contributed by atoms with Crippen molar-refractivity contribution in [1.82, 2.24) is 30.0 Å². The minimum absolute atomic E-state index is 0.237. The van der Waals surface area contributed by atoms with Gasteiger partial charge in [0.25, 0.3) is 5.91 Å². The van der Waals surface area contributed by atoms with Gasteiger partial charge in [0.1, 0.15) is 29.2 Å². The Morgan fingerprint density at radius 2 is 2.13 bits per heavy atom. The number of pyridine rings is 1. The van der Waals surface area contributed by atoms with Gasteiger partial charge in [0.2, 0.25) is 0 Å². The SMILES string of the molecule is CSCc1nc(CNC(=O)c2cccc(-n3cnnc3)n2)cs1. The van der Waals surface area contributed by atoms with Crippen LogP contribution in [0.5, 0.6) is 0 Å². The molecule has 0 radical (unpaired) electrons. The van der Waals surface area contributed by atoms with E-state index in [0.717, 1.165) is 16.5 Å². The first-order valence-corrected chi connectivity index (χ1v) is 9.06. The van der Waals surface area contributed by atoms with Gasteiger partial charge in [0.05, 0.1) is 12.2 Å². The molecule has 0 fully saturated rings. The van der Waals surface area contributed by atoms with Crippen LogP contribution >= 0.6 is 23.1 Å². The molecule has 0 saturated carbocycles. The maximum Gasteiger partial charge on any atom is 0.270 e. The zero-order valence-electron chi connectivity index (χ0n) is 12.3. The molecule has 0 aliphatic carbocycles. The van der Waals surface area contributed by atoms with Gasteiger partial charge < -0.3 is 5.32 Å². The Morgan fingerprint density at radius 3 is 2.91 bits per heavy atom. The van der Waals surface area contributed by atoms with Crippen LogP contribution in [-0.4, -0.2) is 36.9 Å². The maximum atomic E-state index is 12.2. The molecule has 9 heteroatoms. The summed E-state index contributed by atoms with van der Waals surface area (Å²) >= 11 is 3.33. The number of rotatable bonds is 6. The van der Waals surface area contributed by atoms with E-state index in [2.05, 4.69) is 25.5 Å². The summed E-state index contributed by atoms with van der Waals surface area (Å²) in [5.74, 6) is 1.25. The van der Waals surface area contributed by atoms with Gasteiger partial charge in [-0.1, -0.05) is 6.07 Å². The molecule has 3 aromatic rings. The highest BCUT2D eigenvalue weighted by Gasteiger charge is 2.10. The van der Waals surface area contributed by atoms with Crippen molar-refractivity contribution < 1.29 is 4.79 Å². The van der Waals surface area contributed by atoms with E-state index >= 15 is 0 Å². The fourth-order valence-corrected chi connectivity index (χ4v) is 3.41. The normalized spacial score (nSPS) is 10.7. The Morgan fingerprint density at radius 1 is 1.30 bits per heavy atom. The van der Waals surface area contributed by atoms with E-state index in [4.69, 9.17) is 0 Å². The Labute approximate surface area is 141 Å². The largest absolute Gasteiger partial charge is 0.345 e. The number of thiazole rings is 1. The van der Waals surface area contributed by atoms with Gasteiger partial charge in [-0.15, -0.1) is 21.5 Å². The van der Waals surface area contributed by atoms with Crippen LogP contribution in [0.3, 0.4) is 0 Å². The van der Waals surface area contributed by atoms with E-state index < -0.39 is 0 Å². The first-order valence-electron chi connectivity index (χ1n) is 6.79. The summed E-state index contributed by atoms with van der Waals surface area (Å²) in [5.41, 5.74) is 1.21. The average molecular weight is 346 g/mol. The minimum atomic E-state index is -0.237. The molecule has 0 saturated heterocycles. The maximum absolute atomic E-state index is 12.2. The van der Waals surface area contributed by atoms with E-state index in [1.165, 1.54) is 12.7 Å². The fourth-order valence-electron chi connectivity index (χ4n) is 1.89. The first-order chi connectivity index (χ1) is 11.3. The van der Waals surface area contributed by atoms with Crippen LogP contribution in [0.1, 0.15) is 21.2 Å². The second-order valence-electron chi connectivity index (χ2n) is 4.60. The highest BCUT2D eigenvalue weighted by Crippen LogP contribution is 2.15. The molecule has 0 aromatic carbocycles. The predicted molar refractivity (Wildman–Crippen MR) is 89.7 cm³/mol. The predicted octanol–water partition coefficient (Wildman–Crippen LogP) is 1.91. The van der Waals surface area contributed by atoms with Crippen LogP contribution in [0.15, 0.2) is 36.2 Å². The molecule has 1 amide bonds. The number of nitrogens with one attached hydrogen (secondary N) is 1. The van der Waals surface area contributed by atoms with E-state index in [1.54, 1.807) is 45.9 Å². The Bertz CT molecular complexity index is 786. The number of hydrogen-bond donors (Lipinski definition) is 1. The van der Waals surface area contributed by atoms with E-state index in [9.17, 15) is 4.79 Å². The number of amides is 1. The Balaban J connectivity index is 1.65. The molecule has 0 bridgehead atoms. The molecule has 7 nitrogen and oxygen atoms in total. The van der Waals surface area contributed by atoms with E-state index in [-0.39, 0.29) is 5.91 Å². The van der Waals surface area contributed by atoms with Crippen LogP contribution < -0.4 is 5.32 Å². The van der Waals surface area contributed by atoms with Gasteiger partial charge in [-0.3, -0.25) is 9.36 Å². The van der Waals surface area contributed by atoms with Crippen LogP contribution in [-0.2, 0) is 12.3 Å².